The van der Waals surface area contributed by atoms with Gasteiger partial charge in [-0.05, 0) is 0 Å². The zero-order chi connectivity index (χ0) is 22.5. The Balaban J connectivity index is 0.00000119. The molecule has 1 saturated carbocycles. The average Bonchev–Trinajstić information content (AvgIpc) is 2.43. The first-order valence-corrected chi connectivity index (χ1v) is 5.31. The Bertz CT molecular complexity index is 529. The monoisotopic (exact) mass is 448 g/mol. The first kappa shape index (κ1) is 25.3. The molecule has 0 aromatic carbocycles. The van der Waals surface area contributed by atoms with Gasteiger partial charge in [0, 0.05) is 4.53 Å². The lowest BCUT2D eigenvalue weighted by molar-refractivity contribution is -0.580. The number of alkyl halides is 14. The summed E-state index contributed by atoms with van der Waals surface area (Å²) in [4.78, 5) is 10.5. The van der Waals surface area contributed by atoms with Crippen LogP contribution in [0.1, 0.15) is 0 Å². The fraction of sp³-hybridized carbons (Fsp3) is 0.875. The third-order valence-electron chi connectivity index (χ3n) is 2.67. The van der Waals surface area contributed by atoms with Crippen molar-refractivity contribution in [3.63, 3.8) is 0 Å². The molecule has 0 amide bonds. The molecule has 0 heterocycles. The molecule has 0 N–H and O–H groups in total. The van der Waals surface area contributed by atoms with Crippen LogP contribution in [0.25, 0.3) is 0 Å². The van der Waals surface area contributed by atoms with Crippen LogP contribution in [0.2, 0.25) is 0 Å². The Morgan fingerprint density at radius 1 is 0.667 bits per heavy atom. The van der Waals surface area contributed by atoms with Gasteiger partial charge in [-0.25, -0.2) is 9.74 Å². The van der Waals surface area contributed by atoms with Crippen LogP contribution in [0, 0.1) is 0 Å². The molecular weight excluding hydrogens is 448 g/mol. The van der Waals surface area contributed by atoms with Crippen molar-refractivity contribution in [3.05, 3.63) is 0 Å². The molecule has 3 nitrogen and oxygen atoms in total. The Hall–Kier alpha value is -1.69. The summed E-state index contributed by atoms with van der Waals surface area (Å²) in [6.07, 6.45) is -17.2. The summed E-state index contributed by atoms with van der Waals surface area (Å²) < 4.78 is 194. The zero-order valence-electron chi connectivity index (χ0n) is 11.3. The van der Waals surface area contributed by atoms with Crippen molar-refractivity contribution in [2.24, 2.45) is 0 Å². The summed E-state index contributed by atoms with van der Waals surface area (Å²) in [5, 5.41) is 0. The molecule has 0 bridgehead atoms. The predicted octanol–water partition coefficient (Wildman–Crippen LogP) is 5.36. The average molecular weight is 448 g/mol. The maximum atomic E-state index is 13.1. The van der Waals surface area contributed by atoms with Crippen LogP contribution in [-0.2, 0) is 9.68 Å². The topological polar surface area (TPSA) is 35.5 Å². The number of hydrogen-bond donors (Lipinski definition) is 0. The van der Waals surface area contributed by atoms with Crippen LogP contribution in [0.3, 0.4) is 0 Å². The lowest BCUT2D eigenvalue weighted by Gasteiger charge is -2.54. The van der Waals surface area contributed by atoms with E-state index in [1.54, 1.807) is 4.74 Å². The van der Waals surface area contributed by atoms with Crippen molar-refractivity contribution >= 4 is 6.22 Å². The van der Waals surface area contributed by atoms with Crippen LogP contribution in [0.4, 0.5) is 75.2 Å². The van der Waals surface area contributed by atoms with E-state index in [1.807, 2.05) is 4.94 Å². The van der Waals surface area contributed by atoms with Gasteiger partial charge in [0.25, 0.3) is 0 Å². The van der Waals surface area contributed by atoms with Crippen molar-refractivity contribution in [1.82, 2.24) is 0 Å². The normalized spacial score (nSPS) is 22.8. The van der Waals surface area contributed by atoms with Gasteiger partial charge in [-0.15, -0.1) is 4.39 Å². The van der Waals surface area contributed by atoms with E-state index in [9.17, 15) is 70.4 Å². The minimum absolute atomic E-state index is 1.59. The fourth-order valence-electron chi connectivity index (χ4n) is 1.33. The number of hydrogen-bond acceptors (Lipinski definition) is 3. The standard InChI is InChI=1S/C7F14O.CF2O2/c8-1(9)2(10,11)4(14,3(1,12)13)22-5(15,6(16,17)18)7(19,20)21;2-1(4)5-3. The van der Waals surface area contributed by atoms with Crippen molar-refractivity contribution in [2.75, 3.05) is 0 Å². The highest BCUT2D eigenvalue weighted by Gasteiger charge is 3.03. The minimum Gasteiger partial charge on any atom is -0.284 e. The molecular formula is C8F16O3. The summed E-state index contributed by atoms with van der Waals surface area (Å²) >= 11 is 0. The van der Waals surface area contributed by atoms with Crippen LogP contribution in [0.15, 0.2) is 0 Å². The van der Waals surface area contributed by atoms with Crippen LogP contribution >= 0.6 is 0 Å². The summed E-state index contributed by atoms with van der Waals surface area (Å²) in [5.41, 5.74) is 0. The van der Waals surface area contributed by atoms with Gasteiger partial charge >= 0.3 is 48.1 Å². The molecule has 0 aromatic heterocycles. The van der Waals surface area contributed by atoms with Gasteiger partial charge < -0.3 is 0 Å². The molecule has 0 saturated heterocycles. The second-order valence-electron chi connectivity index (χ2n) is 4.33. The van der Waals surface area contributed by atoms with Gasteiger partial charge in [-0.1, -0.05) is 0 Å². The number of halogens is 16. The summed E-state index contributed by atoms with van der Waals surface area (Å²) in [6, 6.07) is 0. The minimum atomic E-state index is -7.38. The molecule has 0 aliphatic heterocycles. The lowest BCUT2D eigenvalue weighted by Crippen LogP contribution is -2.87. The first-order valence-electron chi connectivity index (χ1n) is 5.31. The van der Waals surface area contributed by atoms with Gasteiger partial charge in [-0.2, -0.15) is 61.5 Å². The molecule has 19 heteroatoms. The van der Waals surface area contributed by atoms with Crippen LogP contribution < -0.4 is 0 Å². The fourth-order valence-corrected chi connectivity index (χ4v) is 1.33. The third-order valence-corrected chi connectivity index (χ3v) is 2.67. The van der Waals surface area contributed by atoms with E-state index in [0.717, 1.165) is 0 Å². The molecule has 0 aromatic rings. The molecule has 1 fully saturated rings. The van der Waals surface area contributed by atoms with Gasteiger partial charge in [0.2, 0.25) is 0 Å². The smallest absolute Gasteiger partial charge is 0.284 e. The highest BCUT2D eigenvalue weighted by molar-refractivity contribution is 5.56. The quantitative estimate of drug-likeness (QED) is 0.422. The maximum Gasteiger partial charge on any atom is 0.531 e. The molecule has 0 unspecified atom stereocenters. The molecule has 1 aliphatic rings. The highest BCUT2D eigenvalue weighted by atomic mass is 19.4. The number of carbonyl (C=O) groups is 1. The maximum absolute atomic E-state index is 13.1. The SMILES string of the molecule is FC(F)(F)C(F)(OC1(F)C(F)(F)C(F)(F)C1(F)F)C(F)(F)F.O=C(F)OF. The molecule has 1 rings (SSSR count). The molecule has 162 valence electrons. The Morgan fingerprint density at radius 3 is 1.11 bits per heavy atom. The lowest BCUT2D eigenvalue weighted by atomic mass is 9.78. The van der Waals surface area contributed by atoms with Crippen molar-refractivity contribution in [1.29, 1.82) is 0 Å². The van der Waals surface area contributed by atoms with Crippen molar-refractivity contribution in [3.8, 4) is 0 Å². The largest absolute Gasteiger partial charge is 0.531 e. The van der Waals surface area contributed by atoms with Gasteiger partial charge in [-0.3, -0.25) is 4.74 Å². The summed E-state index contributed by atoms with van der Waals surface area (Å²) in [6.45, 7) is 0. The number of carbonyl (C=O) groups excluding carboxylic acids is 1. The van der Waals surface area contributed by atoms with E-state index in [-0.39, 0.29) is 0 Å². The zero-order valence-corrected chi connectivity index (χ0v) is 11.3. The molecule has 0 radical (unpaired) electrons. The molecule has 27 heavy (non-hydrogen) atoms. The second-order valence-corrected chi connectivity index (χ2v) is 4.33. The van der Waals surface area contributed by atoms with Crippen LogP contribution in [-0.4, -0.2) is 48.1 Å². The van der Waals surface area contributed by atoms with Crippen molar-refractivity contribution in [2.45, 2.75) is 41.8 Å². The van der Waals surface area contributed by atoms with E-state index < -0.39 is 48.1 Å². The van der Waals surface area contributed by atoms with E-state index in [0.29, 0.717) is 0 Å². The van der Waals surface area contributed by atoms with E-state index >= 15 is 0 Å². The van der Waals surface area contributed by atoms with E-state index in [1.165, 1.54) is 0 Å². The highest BCUT2D eigenvalue weighted by Crippen LogP contribution is 2.71. The Labute approximate surface area is 134 Å². The second kappa shape index (κ2) is 6.43. The van der Waals surface area contributed by atoms with E-state index in [2.05, 4.69) is 0 Å². The van der Waals surface area contributed by atoms with Crippen molar-refractivity contribution < 1.29 is 84.9 Å². The van der Waals surface area contributed by atoms with Gasteiger partial charge in [0.15, 0.2) is 0 Å². The number of rotatable bonds is 2. The Kier molecular flexibility index (Phi) is 6.03. The molecule has 0 atom stereocenters. The number of ether oxygens (including phenoxy) is 1. The van der Waals surface area contributed by atoms with Gasteiger partial charge in [0.1, 0.15) is 0 Å². The van der Waals surface area contributed by atoms with Crippen LogP contribution in [0.5, 0.6) is 0 Å². The summed E-state index contributed by atoms with van der Waals surface area (Å²) in [7, 11) is 0. The first-order chi connectivity index (χ1) is 11.5. The van der Waals surface area contributed by atoms with E-state index in [4.69, 9.17) is 4.79 Å². The summed E-state index contributed by atoms with van der Waals surface area (Å²) in [5.74, 6) is -34.7. The molecule has 1 aliphatic carbocycles. The Morgan fingerprint density at radius 2 is 0.926 bits per heavy atom. The van der Waals surface area contributed by atoms with Gasteiger partial charge in [0.05, 0.1) is 0 Å². The molecule has 0 spiro atoms. The predicted molar refractivity (Wildman–Crippen MR) is 44.4 cm³/mol. The third kappa shape index (κ3) is 3.33.